The van der Waals surface area contributed by atoms with Crippen molar-refractivity contribution in [1.29, 1.82) is 0 Å². The Bertz CT molecular complexity index is 5210. The number of aliphatic imine (C=N–C) groups is 1. The van der Waals surface area contributed by atoms with E-state index in [9.17, 15) is 5.48 Å². The molecule has 13 aromatic rings. The molecule has 0 N–H and O–H groups in total. The van der Waals surface area contributed by atoms with Crippen molar-refractivity contribution in [2.75, 3.05) is 0 Å². The van der Waals surface area contributed by atoms with Crippen molar-refractivity contribution in [3.8, 4) is 78.3 Å². The predicted octanol–water partition coefficient (Wildman–Crippen LogP) is 20.8. The molecule has 14 rings (SSSR count). The molecule has 1 unspecified atom stereocenters. The van der Waals surface area contributed by atoms with Crippen molar-refractivity contribution in [3.05, 3.63) is 289 Å². The van der Waals surface area contributed by atoms with E-state index < -0.39 is 60.4 Å². The van der Waals surface area contributed by atoms with E-state index in [1.807, 2.05) is 85.9 Å². The fourth-order valence-corrected chi connectivity index (χ4v) is 12.0. The van der Waals surface area contributed by atoms with Crippen LogP contribution in [0.15, 0.2) is 260 Å². The molecule has 0 fully saturated rings. The summed E-state index contributed by atoms with van der Waals surface area (Å²) in [7, 11) is 0. The van der Waals surface area contributed by atoms with E-state index in [4.69, 9.17) is 22.9 Å². The molecule has 0 amide bonds. The quantitative estimate of drug-likeness (QED) is 0.0906. The zero-order valence-corrected chi connectivity index (χ0v) is 47.8. The van der Waals surface area contributed by atoms with Gasteiger partial charge in [0.05, 0.1) is 19.4 Å². The van der Waals surface area contributed by atoms with E-state index in [2.05, 4.69) is 129 Å². The van der Waals surface area contributed by atoms with Gasteiger partial charge in [0.15, 0.2) is 0 Å². The van der Waals surface area contributed by atoms with Crippen LogP contribution >= 0.6 is 0 Å². The number of hydrogen-bond acceptors (Lipinski definition) is 3. The van der Waals surface area contributed by atoms with Gasteiger partial charge in [0.1, 0.15) is 0 Å². The number of rotatable bonds is 7. The fourth-order valence-electron chi connectivity index (χ4n) is 12.0. The van der Waals surface area contributed by atoms with E-state index in [-0.39, 0.29) is 54.9 Å². The van der Waals surface area contributed by atoms with E-state index in [1.165, 1.54) is 0 Å². The summed E-state index contributed by atoms with van der Waals surface area (Å²) in [5.74, 6) is 0.737. The third kappa shape index (κ3) is 9.73. The number of aromatic nitrogens is 2. The van der Waals surface area contributed by atoms with Gasteiger partial charge >= 0.3 is 0 Å². The van der Waals surface area contributed by atoms with Crippen molar-refractivity contribution in [2.45, 2.75) is 39.5 Å². The Morgan fingerprint density at radius 2 is 0.988 bits per heavy atom. The van der Waals surface area contributed by atoms with Gasteiger partial charge in [-0.15, -0.1) is 34.7 Å². The van der Waals surface area contributed by atoms with E-state index in [0.29, 0.717) is 34.3 Å². The molecule has 0 saturated carbocycles. The van der Waals surface area contributed by atoms with Crippen LogP contribution in [0, 0.1) is 26.0 Å². The smallest absolute Gasteiger partial charge is 0.0629 e. The van der Waals surface area contributed by atoms with Gasteiger partial charge < -0.3 is 14.3 Å². The Kier molecular flexibility index (Phi) is 11.7. The Labute approximate surface area is 513 Å². The van der Waals surface area contributed by atoms with E-state index in [1.54, 1.807) is 22.8 Å². The topological polar surface area (TPSA) is 39.4 Å². The van der Waals surface area contributed by atoms with Crippen LogP contribution in [0.1, 0.15) is 55.4 Å². The van der Waals surface area contributed by atoms with Crippen LogP contribution in [0.25, 0.3) is 110 Å². The van der Waals surface area contributed by atoms with Gasteiger partial charge in [-0.05, 0) is 115 Å². The molecule has 0 aliphatic heterocycles. The second kappa shape index (κ2) is 22.8. The first kappa shape index (κ1) is 42.4. The zero-order valence-electron chi connectivity index (χ0n) is 55.5. The Balaban J connectivity index is 0.00000787. The average Bonchev–Trinajstić information content (AvgIpc) is 1.76. The minimum atomic E-state index is -0.598. The second-order valence-electron chi connectivity index (χ2n) is 20.5. The van der Waals surface area contributed by atoms with Crippen LogP contribution in [0.3, 0.4) is 0 Å². The van der Waals surface area contributed by atoms with Crippen molar-refractivity contribution < 1.29 is 39.5 Å². The Morgan fingerprint density at radius 3 is 1.61 bits per heavy atom. The molecule has 0 spiro atoms. The first-order valence-corrected chi connectivity index (χ1v) is 27.5. The minimum Gasteiger partial charge on any atom is -0.510 e. The van der Waals surface area contributed by atoms with Crippen LogP contribution in [-0.2, 0) is 27.5 Å². The molecule has 402 valence electrons. The van der Waals surface area contributed by atoms with E-state index in [0.717, 1.165) is 100 Å². The molecule has 1 atom stereocenters. The van der Waals surface area contributed by atoms with Crippen LogP contribution in [0.5, 0.6) is 11.5 Å². The summed E-state index contributed by atoms with van der Waals surface area (Å²) in [6, 6.07) is 64.6. The summed E-state index contributed by atoms with van der Waals surface area (Å²) in [5.41, 5.74) is 13.3. The summed E-state index contributed by atoms with van der Waals surface area (Å²) in [4.78, 5) is 10.4. The molecule has 0 radical (unpaired) electrons. The van der Waals surface area contributed by atoms with Crippen molar-refractivity contribution in [3.63, 3.8) is 0 Å². The maximum absolute atomic E-state index is 9.22. The summed E-state index contributed by atoms with van der Waals surface area (Å²) in [6.07, 6.45) is 6.64. The Hall–Kier alpha value is -9.47. The Morgan fingerprint density at radius 1 is 0.506 bits per heavy atom. The van der Waals surface area contributed by atoms with Crippen molar-refractivity contribution in [1.82, 2.24) is 9.55 Å². The molecular formula is C78H56N3OPt-3. The summed E-state index contributed by atoms with van der Waals surface area (Å²) >= 11 is 0. The maximum Gasteiger partial charge on any atom is 0.0629 e. The predicted molar refractivity (Wildman–Crippen MR) is 342 cm³/mol. The molecule has 5 heteroatoms. The fraction of sp³-hybridized carbons (Fsp3) is 0.0769. The van der Waals surface area contributed by atoms with Crippen molar-refractivity contribution in [2.24, 2.45) is 4.99 Å². The molecular weight excluding hydrogens is 1190 g/mol. The molecule has 0 saturated heterocycles. The first-order chi connectivity index (χ1) is 44.6. The summed E-state index contributed by atoms with van der Waals surface area (Å²) in [5, 5.41) is 5.14. The van der Waals surface area contributed by atoms with Crippen LogP contribution < -0.4 is 4.74 Å². The monoisotopic (exact) mass is 1260 g/mol. The van der Waals surface area contributed by atoms with Gasteiger partial charge in [0.25, 0.3) is 0 Å². The van der Waals surface area contributed by atoms with Crippen LogP contribution in [-0.4, -0.2) is 15.9 Å². The molecule has 2 aromatic heterocycles. The normalized spacial score (nSPS) is 14.4. The molecule has 2 bridgehead atoms. The third-order valence-corrected chi connectivity index (χ3v) is 15.9. The molecule has 2 heterocycles. The number of benzene rings is 11. The standard InChI is InChI=1S/C78H56N3O.Pt/c1-4-53-47-56-48-57(42-44-61(56)59-36-20-37-60(52(59)3)64-28-11-12-29-65(64)67-31-14-17-34-70(67)73-41-22-46-79-76(53)73)82-58-43-45-72-69-33-16-13-30-66(69)68-32-15-18-35-71(68)74-40-19-23-51(2)78(74)81(75(72)49-58)50-80-77-62(54-24-7-5-8-25-54)38-21-39-63(77)55-26-9-6-10-27-55;/h5-46,53H,4,47H2,1-3H3;/q-3;/i5D,6D,7D,8D,9D,10D,24D,25D,26D,27D;. The van der Waals surface area contributed by atoms with Crippen LogP contribution in [0.2, 0.25) is 0 Å². The number of para-hydroxylation sites is 2. The number of nitrogens with zero attached hydrogens (tertiary/aromatic N) is 3. The zero-order chi connectivity index (χ0) is 63.8. The number of fused-ring (bicyclic) bond motifs is 17. The van der Waals surface area contributed by atoms with Crippen LogP contribution in [0.4, 0.5) is 5.69 Å². The summed E-state index contributed by atoms with van der Waals surface area (Å²) in [6.45, 7) is 6.38. The first-order valence-electron chi connectivity index (χ1n) is 32.5. The van der Waals surface area contributed by atoms with Gasteiger partial charge in [-0.1, -0.05) is 242 Å². The molecule has 11 aromatic carbocycles. The number of aryl methyl sites for hydroxylation is 1. The van der Waals surface area contributed by atoms with E-state index >= 15 is 0 Å². The average molecular weight is 1260 g/mol. The number of ether oxygens (including phenoxy) is 1. The number of pyridine rings is 1. The van der Waals surface area contributed by atoms with Gasteiger partial charge in [-0.2, -0.15) is 23.8 Å². The minimum absolute atomic E-state index is 0. The molecule has 4 nitrogen and oxygen atoms in total. The maximum atomic E-state index is 9.22. The summed E-state index contributed by atoms with van der Waals surface area (Å²) < 4.78 is 97.8. The number of hydrogen-bond donors (Lipinski definition) is 0. The molecule has 1 aliphatic rings. The van der Waals surface area contributed by atoms with Gasteiger partial charge in [-0.3, -0.25) is 4.98 Å². The van der Waals surface area contributed by atoms with Gasteiger partial charge in [-0.25, -0.2) is 0 Å². The second-order valence-corrected chi connectivity index (χ2v) is 20.5. The molecule has 1 aliphatic carbocycles. The molecule has 83 heavy (non-hydrogen) atoms. The van der Waals surface area contributed by atoms with Gasteiger partial charge in [0, 0.05) is 62.3 Å². The third-order valence-electron chi connectivity index (χ3n) is 15.9. The van der Waals surface area contributed by atoms with Gasteiger partial charge in [0.2, 0.25) is 0 Å². The largest absolute Gasteiger partial charge is 0.510 e. The SMILES string of the molecule is [2H]c1c([2H])c([2H])c(-c2cccc(-c3c([2H])c([2H])c([2H])c([2H])c3[2H])c2N=[C-]n2c3[c-]c(Oc4[c-]c5c(cc4)-c4cccc(c4C)-c4ccccc4-c4ccccc4-c4cccnc4C(CC)C5)ccc3c3ccccc3c3ccccc3c3cccc(C)c32)c([2H])c1[2H].[Pt]. The van der Waals surface area contributed by atoms with Crippen molar-refractivity contribution >= 4 is 55.4 Å².